The Morgan fingerprint density at radius 1 is 1.07 bits per heavy atom. The van der Waals surface area contributed by atoms with Crippen molar-refractivity contribution < 1.29 is 14.6 Å². The number of phenols is 1. The molecule has 0 unspecified atom stereocenters. The van der Waals surface area contributed by atoms with Gasteiger partial charge in [-0.2, -0.15) is 0 Å². The Labute approximate surface area is 162 Å². The lowest BCUT2D eigenvalue weighted by atomic mass is 10.0. The van der Waals surface area contributed by atoms with Gasteiger partial charge in [0.05, 0.1) is 11.1 Å². The van der Waals surface area contributed by atoms with Crippen LogP contribution in [0.2, 0.25) is 0 Å². The zero-order valence-electron chi connectivity index (χ0n) is 15.8. The van der Waals surface area contributed by atoms with Gasteiger partial charge in [-0.15, -0.1) is 0 Å². The molecule has 144 valence electrons. The molecule has 0 saturated heterocycles. The summed E-state index contributed by atoms with van der Waals surface area (Å²) in [5.41, 5.74) is 3.21. The Morgan fingerprint density at radius 3 is 2.50 bits per heavy atom. The number of halogens is 1. The van der Waals surface area contributed by atoms with E-state index in [-0.39, 0.29) is 17.4 Å². The molecule has 0 atom stereocenters. The second-order valence-corrected chi connectivity index (χ2v) is 6.82. The van der Waals surface area contributed by atoms with Gasteiger partial charge in [0.15, 0.2) is 5.75 Å². The average Bonchev–Trinajstić information content (AvgIpc) is 3.03. The molecular weight excluding hydrogens is 357 g/mol. The van der Waals surface area contributed by atoms with Gasteiger partial charge >= 0.3 is 0 Å². The van der Waals surface area contributed by atoms with E-state index in [4.69, 9.17) is 0 Å². The number of fused-ring (bicyclic) bond motifs is 2. The zero-order valence-corrected chi connectivity index (χ0v) is 15.8. The molecule has 28 heavy (non-hydrogen) atoms. The lowest BCUT2D eigenvalue weighted by Crippen LogP contribution is -2.00. The highest BCUT2D eigenvalue weighted by Gasteiger charge is 2.20. The topological polar surface area (TPSA) is 70.3 Å². The summed E-state index contributed by atoms with van der Waals surface area (Å²) >= 11 is 0. The Morgan fingerprint density at radius 2 is 1.82 bits per heavy atom. The maximum absolute atomic E-state index is 13.2. The first kappa shape index (κ1) is 18.1. The monoisotopic (exact) mass is 379 g/mol. The van der Waals surface area contributed by atoms with E-state index in [9.17, 15) is 14.6 Å². The van der Waals surface area contributed by atoms with Crippen LogP contribution in [0.15, 0.2) is 42.7 Å². The first-order valence-electron chi connectivity index (χ1n) is 9.37. The summed E-state index contributed by atoms with van der Waals surface area (Å²) in [6.45, 7) is 5.21. The number of phenolic OH excluding ortho intramolecular Hbond substituents is 1. The molecule has 0 bridgehead atoms. The fourth-order valence-corrected chi connectivity index (χ4v) is 3.66. The number of nitrogens with one attached hydrogen (secondary N) is 1. The Balaban J connectivity index is 1.92. The molecule has 4 aromatic rings. The van der Waals surface area contributed by atoms with E-state index in [2.05, 4.69) is 10.3 Å². The van der Waals surface area contributed by atoms with Crippen LogP contribution in [-0.4, -0.2) is 26.3 Å². The lowest BCUT2D eigenvalue weighted by Gasteiger charge is -2.13. The van der Waals surface area contributed by atoms with E-state index in [0.29, 0.717) is 30.4 Å². The molecule has 0 saturated carbocycles. The molecule has 0 amide bonds. The molecule has 3 N–H and O–H groups in total. The van der Waals surface area contributed by atoms with E-state index < -0.39 is 0 Å². The van der Waals surface area contributed by atoms with E-state index >= 15 is 0 Å². The quantitative estimate of drug-likeness (QED) is 0.436. The summed E-state index contributed by atoms with van der Waals surface area (Å²) in [5, 5.41) is 26.6. The maximum Gasteiger partial charge on any atom is 0.203 e. The van der Waals surface area contributed by atoms with Crippen LogP contribution in [0.4, 0.5) is 10.1 Å². The molecule has 4 rings (SSSR count). The van der Waals surface area contributed by atoms with E-state index in [1.807, 2.05) is 26.1 Å². The smallest absolute Gasteiger partial charge is 0.203 e. The fraction of sp³-hybridized carbons (Fsp3) is 0.227. The van der Waals surface area contributed by atoms with Crippen molar-refractivity contribution in [1.29, 1.82) is 0 Å². The first-order chi connectivity index (χ1) is 13.5. The number of aromatic nitrogens is 2. The third kappa shape index (κ3) is 2.91. The average molecular weight is 379 g/mol. The summed E-state index contributed by atoms with van der Waals surface area (Å²) in [4.78, 5) is 4.48. The number of aromatic hydroxyl groups is 2. The van der Waals surface area contributed by atoms with Gasteiger partial charge in [0.1, 0.15) is 11.3 Å². The van der Waals surface area contributed by atoms with E-state index in [1.54, 1.807) is 22.9 Å². The molecule has 0 radical (unpaired) electrons. The molecule has 6 heteroatoms. The van der Waals surface area contributed by atoms with Crippen LogP contribution in [0, 0.1) is 5.82 Å². The zero-order chi connectivity index (χ0) is 19.8. The third-order valence-corrected chi connectivity index (χ3v) is 5.01. The van der Waals surface area contributed by atoms with Gasteiger partial charge in [-0.1, -0.05) is 12.1 Å². The molecule has 2 aromatic heterocycles. The highest BCUT2D eigenvalue weighted by molar-refractivity contribution is 6.16. The highest BCUT2D eigenvalue weighted by atomic mass is 19.1. The molecule has 2 aromatic carbocycles. The lowest BCUT2D eigenvalue weighted by molar-refractivity contribution is 0.423. The van der Waals surface area contributed by atoms with Crippen LogP contribution >= 0.6 is 0 Å². The van der Waals surface area contributed by atoms with Crippen LogP contribution in [0.25, 0.3) is 21.7 Å². The summed E-state index contributed by atoms with van der Waals surface area (Å²) < 4.78 is 14.9. The van der Waals surface area contributed by atoms with Crippen molar-refractivity contribution in [3.8, 4) is 11.6 Å². The number of hydrogen-bond acceptors (Lipinski definition) is 4. The predicted molar refractivity (Wildman–Crippen MR) is 110 cm³/mol. The molecule has 2 heterocycles. The number of hydrogen-bond donors (Lipinski definition) is 3. The van der Waals surface area contributed by atoms with Crippen LogP contribution in [0.1, 0.15) is 25.0 Å². The van der Waals surface area contributed by atoms with Crippen molar-refractivity contribution in [3.05, 3.63) is 59.7 Å². The number of pyridine rings is 1. The van der Waals surface area contributed by atoms with Crippen molar-refractivity contribution in [2.45, 2.75) is 26.8 Å². The molecule has 0 fully saturated rings. The van der Waals surface area contributed by atoms with Crippen molar-refractivity contribution in [2.75, 3.05) is 11.9 Å². The molecule has 0 aliphatic carbocycles. The van der Waals surface area contributed by atoms with Crippen molar-refractivity contribution in [2.24, 2.45) is 0 Å². The Hall–Kier alpha value is -3.28. The Kier molecular flexibility index (Phi) is 4.55. The second-order valence-electron chi connectivity index (χ2n) is 6.82. The van der Waals surface area contributed by atoms with Crippen molar-refractivity contribution >= 4 is 27.4 Å². The Bertz CT molecular complexity index is 1170. The first-order valence-corrected chi connectivity index (χ1v) is 9.37. The summed E-state index contributed by atoms with van der Waals surface area (Å²) in [6, 6.07) is 8.39. The molecule has 0 aliphatic heterocycles. The van der Waals surface area contributed by atoms with Crippen LogP contribution < -0.4 is 5.32 Å². The van der Waals surface area contributed by atoms with Gasteiger partial charge in [-0.25, -0.2) is 4.39 Å². The molecule has 0 aliphatic rings. The largest absolute Gasteiger partial charge is 0.505 e. The highest BCUT2D eigenvalue weighted by Crippen LogP contribution is 2.45. The molecule has 0 spiro atoms. The van der Waals surface area contributed by atoms with Crippen molar-refractivity contribution in [1.82, 2.24) is 9.55 Å². The van der Waals surface area contributed by atoms with Gasteiger partial charge in [-0.05, 0) is 49.6 Å². The minimum Gasteiger partial charge on any atom is -0.505 e. The predicted octanol–water partition coefficient (Wildman–Crippen LogP) is 4.78. The van der Waals surface area contributed by atoms with Gasteiger partial charge in [0.25, 0.3) is 0 Å². The minimum absolute atomic E-state index is 0.0234. The van der Waals surface area contributed by atoms with Crippen LogP contribution in [-0.2, 0) is 13.0 Å². The summed E-state index contributed by atoms with van der Waals surface area (Å²) in [5.74, 6) is -0.250. The number of rotatable bonds is 5. The minimum atomic E-state index is -0.262. The van der Waals surface area contributed by atoms with Crippen molar-refractivity contribution in [3.63, 3.8) is 0 Å². The molecular formula is C22H22FN3O2. The molecule has 5 nitrogen and oxygen atoms in total. The van der Waals surface area contributed by atoms with E-state index in [1.165, 1.54) is 12.1 Å². The van der Waals surface area contributed by atoms with Gasteiger partial charge in [0.2, 0.25) is 5.88 Å². The summed E-state index contributed by atoms with van der Waals surface area (Å²) in [7, 11) is 0. The van der Waals surface area contributed by atoms with Crippen LogP contribution in [0.5, 0.6) is 11.6 Å². The summed E-state index contributed by atoms with van der Waals surface area (Å²) in [6.07, 6.45) is 4.16. The normalized spacial score (nSPS) is 11.4. The SMILES string of the molecule is CCNc1c2cc(Cc3ccc(F)cc3)cnc2c(O)c2c(O)n(CC)cc12. The fourth-order valence-electron chi connectivity index (χ4n) is 3.66. The number of aryl methyl sites for hydroxylation is 1. The number of anilines is 1. The van der Waals surface area contributed by atoms with Gasteiger partial charge in [-0.3, -0.25) is 4.98 Å². The maximum atomic E-state index is 13.2. The second kappa shape index (κ2) is 7.03. The standard InChI is InChI=1S/C22H22FN3O2/c1-3-24-19-16-10-14(9-13-5-7-15(23)8-6-13)11-25-20(16)21(27)18-17(19)12-26(4-2)22(18)28/h5-8,10-12,24,27-28H,3-4,9H2,1-2H3. The van der Waals surface area contributed by atoms with E-state index in [0.717, 1.165) is 27.6 Å². The van der Waals surface area contributed by atoms with Crippen LogP contribution in [0.3, 0.4) is 0 Å². The number of benzene rings is 2. The third-order valence-electron chi connectivity index (χ3n) is 5.01. The van der Waals surface area contributed by atoms with Gasteiger partial charge in [0, 0.05) is 36.3 Å². The van der Waals surface area contributed by atoms with Gasteiger partial charge < -0.3 is 20.1 Å². The number of nitrogens with zero attached hydrogens (tertiary/aromatic N) is 2.